The Morgan fingerprint density at radius 3 is 2.61 bits per heavy atom. The minimum absolute atomic E-state index is 0.0693. The number of aryl methyl sites for hydroxylation is 3. The number of esters is 1. The van der Waals surface area contributed by atoms with Crippen LogP contribution in [0.2, 0.25) is 0 Å². The van der Waals surface area contributed by atoms with Crippen LogP contribution in [0.25, 0.3) is 0 Å². The van der Waals surface area contributed by atoms with Crippen molar-refractivity contribution in [1.29, 1.82) is 0 Å². The minimum atomic E-state index is -0.307. The fourth-order valence-corrected chi connectivity index (χ4v) is 4.17. The number of amides is 1. The highest BCUT2D eigenvalue weighted by atomic mass is 32.1. The summed E-state index contributed by atoms with van der Waals surface area (Å²) in [6, 6.07) is 13.5. The predicted octanol–water partition coefficient (Wildman–Crippen LogP) is 5.13. The van der Waals surface area contributed by atoms with E-state index in [4.69, 9.17) is 9.47 Å². The Labute approximate surface area is 186 Å². The van der Waals surface area contributed by atoms with Gasteiger partial charge in [0.05, 0.1) is 18.5 Å². The lowest BCUT2D eigenvalue weighted by Crippen LogP contribution is -2.23. The van der Waals surface area contributed by atoms with E-state index in [2.05, 4.69) is 4.98 Å². The molecule has 0 aliphatic heterocycles. The van der Waals surface area contributed by atoms with E-state index in [1.54, 1.807) is 12.0 Å². The van der Waals surface area contributed by atoms with Gasteiger partial charge in [-0.2, -0.15) is 0 Å². The van der Waals surface area contributed by atoms with Gasteiger partial charge in [0.25, 0.3) is 0 Å². The molecule has 1 aromatic heterocycles. The van der Waals surface area contributed by atoms with Crippen LogP contribution in [-0.2, 0) is 27.4 Å². The summed E-state index contributed by atoms with van der Waals surface area (Å²) in [5.41, 5.74) is 4.50. The van der Waals surface area contributed by atoms with Crippen LogP contribution in [0.5, 0.6) is 5.75 Å². The molecule has 1 amide bonds. The number of rotatable bonds is 8. The summed E-state index contributed by atoms with van der Waals surface area (Å²) in [7, 11) is 1.61. The SMILES string of the molecule is COc1ccccc1CCC(=O)OCc1csc(N(C(C)=O)c2ccc(C)cc2C)n1. The quantitative estimate of drug-likeness (QED) is 0.456. The summed E-state index contributed by atoms with van der Waals surface area (Å²) in [6.45, 7) is 5.56. The number of hydrogen-bond acceptors (Lipinski definition) is 6. The number of aromatic nitrogens is 1. The van der Waals surface area contributed by atoms with E-state index < -0.39 is 0 Å². The van der Waals surface area contributed by atoms with Crippen LogP contribution in [0.3, 0.4) is 0 Å². The van der Waals surface area contributed by atoms with Crippen molar-refractivity contribution >= 4 is 34.0 Å². The molecule has 3 aromatic rings. The van der Waals surface area contributed by atoms with Crippen molar-refractivity contribution in [3.63, 3.8) is 0 Å². The maximum atomic E-state index is 12.3. The molecule has 6 nitrogen and oxygen atoms in total. The second-order valence-corrected chi connectivity index (χ2v) is 8.07. The van der Waals surface area contributed by atoms with Gasteiger partial charge in [-0.15, -0.1) is 11.3 Å². The van der Waals surface area contributed by atoms with Crippen molar-refractivity contribution < 1.29 is 19.1 Å². The van der Waals surface area contributed by atoms with Gasteiger partial charge in [0.15, 0.2) is 5.13 Å². The van der Waals surface area contributed by atoms with Crippen molar-refractivity contribution in [3.8, 4) is 5.75 Å². The minimum Gasteiger partial charge on any atom is -0.496 e. The first kappa shape index (κ1) is 22.5. The number of carbonyl (C=O) groups excluding carboxylic acids is 2. The third-order valence-corrected chi connectivity index (χ3v) is 5.69. The molecule has 0 unspecified atom stereocenters. The highest BCUT2D eigenvalue weighted by Crippen LogP contribution is 2.32. The zero-order valence-electron chi connectivity index (χ0n) is 18.2. The molecule has 1 heterocycles. The summed E-state index contributed by atoms with van der Waals surface area (Å²) < 4.78 is 10.7. The van der Waals surface area contributed by atoms with Gasteiger partial charge in [0, 0.05) is 18.7 Å². The van der Waals surface area contributed by atoms with Crippen LogP contribution in [0, 0.1) is 13.8 Å². The van der Waals surface area contributed by atoms with E-state index in [0.717, 1.165) is 28.1 Å². The molecule has 0 radical (unpaired) electrons. The number of anilines is 2. The van der Waals surface area contributed by atoms with E-state index in [1.807, 2.05) is 61.7 Å². The van der Waals surface area contributed by atoms with Gasteiger partial charge in [0.1, 0.15) is 12.4 Å². The molecule has 0 aliphatic rings. The molecule has 0 N–H and O–H groups in total. The number of hydrogen-bond donors (Lipinski definition) is 0. The van der Waals surface area contributed by atoms with Crippen molar-refractivity contribution in [2.24, 2.45) is 0 Å². The smallest absolute Gasteiger partial charge is 0.306 e. The average molecular weight is 439 g/mol. The van der Waals surface area contributed by atoms with E-state index in [1.165, 1.54) is 18.3 Å². The first-order chi connectivity index (χ1) is 14.9. The second-order valence-electron chi connectivity index (χ2n) is 7.24. The summed E-state index contributed by atoms with van der Waals surface area (Å²) in [5, 5.41) is 2.36. The molecule has 7 heteroatoms. The molecule has 162 valence electrons. The first-order valence-electron chi connectivity index (χ1n) is 9.99. The lowest BCUT2D eigenvalue weighted by Gasteiger charge is -2.20. The number of nitrogens with zero attached hydrogens (tertiary/aromatic N) is 2. The normalized spacial score (nSPS) is 10.6. The van der Waals surface area contributed by atoms with Crippen molar-refractivity contribution in [2.75, 3.05) is 12.0 Å². The zero-order valence-corrected chi connectivity index (χ0v) is 19.0. The second kappa shape index (κ2) is 10.2. The van der Waals surface area contributed by atoms with Gasteiger partial charge in [-0.3, -0.25) is 14.5 Å². The van der Waals surface area contributed by atoms with Gasteiger partial charge in [0.2, 0.25) is 5.91 Å². The summed E-state index contributed by atoms with van der Waals surface area (Å²) in [6.07, 6.45) is 0.787. The molecule has 0 saturated carbocycles. The molecular formula is C24H26N2O4S. The van der Waals surface area contributed by atoms with Crippen LogP contribution in [0.4, 0.5) is 10.8 Å². The van der Waals surface area contributed by atoms with E-state index in [0.29, 0.717) is 17.2 Å². The fraction of sp³-hybridized carbons (Fsp3) is 0.292. The standard InChI is InChI=1S/C24H26N2O4S/c1-16-9-11-21(17(2)13-16)26(18(3)27)24-25-20(15-31-24)14-30-23(28)12-10-19-7-5-6-8-22(19)29-4/h5-9,11,13,15H,10,12,14H2,1-4H3. The molecule has 3 rings (SSSR count). The van der Waals surface area contributed by atoms with E-state index in [-0.39, 0.29) is 24.9 Å². The van der Waals surface area contributed by atoms with Crippen molar-refractivity contribution in [3.05, 3.63) is 70.2 Å². The average Bonchev–Trinajstić information content (AvgIpc) is 3.21. The van der Waals surface area contributed by atoms with Crippen molar-refractivity contribution in [1.82, 2.24) is 4.98 Å². The van der Waals surface area contributed by atoms with Crippen LogP contribution >= 0.6 is 11.3 Å². The van der Waals surface area contributed by atoms with E-state index >= 15 is 0 Å². The van der Waals surface area contributed by atoms with Gasteiger partial charge in [-0.1, -0.05) is 35.9 Å². The number of thiazole rings is 1. The number of para-hydroxylation sites is 1. The lowest BCUT2D eigenvalue weighted by molar-refractivity contribution is -0.145. The number of benzene rings is 2. The summed E-state index contributed by atoms with van der Waals surface area (Å²) in [5.74, 6) is 0.329. The number of carbonyl (C=O) groups is 2. The maximum Gasteiger partial charge on any atom is 0.306 e. The highest BCUT2D eigenvalue weighted by Gasteiger charge is 2.20. The largest absolute Gasteiger partial charge is 0.496 e. The Hall–Kier alpha value is -3.19. The Balaban J connectivity index is 1.62. The molecule has 0 saturated heterocycles. The topological polar surface area (TPSA) is 68.7 Å². The number of methoxy groups -OCH3 is 1. The van der Waals surface area contributed by atoms with Crippen molar-refractivity contribution in [2.45, 2.75) is 40.2 Å². The predicted molar refractivity (Wildman–Crippen MR) is 122 cm³/mol. The van der Waals surface area contributed by atoms with Gasteiger partial charge in [-0.05, 0) is 43.5 Å². The van der Waals surface area contributed by atoms with Gasteiger partial charge < -0.3 is 9.47 Å². The molecule has 0 atom stereocenters. The summed E-state index contributed by atoms with van der Waals surface area (Å²) in [4.78, 5) is 30.6. The maximum absolute atomic E-state index is 12.3. The molecule has 0 spiro atoms. The zero-order chi connectivity index (χ0) is 22.4. The molecule has 0 aliphatic carbocycles. The third-order valence-electron chi connectivity index (χ3n) is 4.81. The van der Waals surface area contributed by atoms with Crippen LogP contribution < -0.4 is 9.64 Å². The van der Waals surface area contributed by atoms with Gasteiger partial charge in [-0.25, -0.2) is 4.98 Å². The molecular weight excluding hydrogens is 412 g/mol. The Kier molecular flexibility index (Phi) is 7.41. The Bertz CT molecular complexity index is 1080. The fourth-order valence-electron chi connectivity index (χ4n) is 3.30. The molecule has 0 fully saturated rings. The molecule has 31 heavy (non-hydrogen) atoms. The third kappa shape index (κ3) is 5.70. The number of ether oxygens (including phenoxy) is 2. The Morgan fingerprint density at radius 1 is 1.13 bits per heavy atom. The van der Waals surface area contributed by atoms with Crippen LogP contribution in [0.1, 0.15) is 35.7 Å². The summed E-state index contributed by atoms with van der Waals surface area (Å²) >= 11 is 1.35. The monoisotopic (exact) mass is 438 g/mol. The van der Waals surface area contributed by atoms with E-state index in [9.17, 15) is 9.59 Å². The highest BCUT2D eigenvalue weighted by molar-refractivity contribution is 7.14. The molecule has 0 bridgehead atoms. The first-order valence-corrected chi connectivity index (χ1v) is 10.9. The Morgan fingerprint density at radius 2 is 1.90 bits per heavy atom. The van der Waals surface area contributed by atoms with Crippen LogP contribution in [0.15, 0.2) is 47.8 Å². The lowest BCUT2D eigenvalue weighted by atomic mass is 10.1. The van der Waals surface area contributed by atoms with Gasteiger partial charge >= 0.3 is 5.97 Å². The molecule has 2 aromatic carbocycles. The van der Waals surface area contributed by atoms with Crippen LogP contribution in [-0.4, -0.2) is 24.0 Å².